The summed E-state index contributed by atoms with van der Waals surface area (Å²) in [5.41, 5.74) is 6.38. The highest BCUT2D eigenvalue weighted by Crippen LogP contribution is 2.24. The van der Waals surface area contributed by atoms with Crippen LogP contribution < -0.4 is 15.2 Å². The Hall–Kier alpha value is -1.45. The van der Waals surface area contributed by atoms with Gasteiger partial charge in [-0.15, -0.1) is 0 Å². The fourth-order valence-corrected chi connectivity index (χ4v) is 1.94. The average molecular weight is 280 g/mol. The van der Waals surface area contributed by atoms with Crippen LogP contribution in [0.1, 0.15) is 59.8 Å². The number of pyridine rings is 1. The molecule has 0 aliphatic heterocycles. The van der Waals surface area contributed by atoms with Gasteiger partial charge in [-0.25, -0.2) is 0 Å². The maximum Gasteiger partial charge on any atom is 0.240 e. The number of nitrogen functional groups attached to an aromatic ring is 1. The van der Waals surface area contributed by atoms with Gasteiger partial charge in [0.25, 0.3) is 0 Å². The first kappa shape index (κ1) is 16.6. The van der Waals surface area contributed by atoms with Gasteiger partial charge in [-0.05, 0) is 39.7 Å². The Balaban J connectivity index is 2.50. The Kier molecular flexibility index (Phi) is 7.20. The van der Waals surface area contributed by atoms with Crippen molar-refractivity contribution in [1.82, 2.24) is 4.98 Å². The van der Waals surface area contributed by atoms with Crippen LogP contribution in [-0.4, -0.2) is 17.2 Å². The molecule has 0 aliphatic rings. The molecule has 0 saturated carbocycles. The highest BCUT2D eigenvalue weighted by atomic mass is 16.5. The van der Waals surface area contributed by atoms with E-state index in [0.717, 1.165) is 6.42 Å². The third-order valence-electron chi connectivity index (χ3n) is 3.00. The van der Waals surface area contributed by atoms with Crippen molar-refractivity contribution in [2.24, 2.45) is 0 Å². The summed E-state index contributed by atoms with van der Waals surface area (Å²) in [6, 6.07) is 3.58. The topological polar surface area (TPSA) is 57.4 Å². The van der Waals surface area contributed by atoms with Gasteiger partial charge in [0.1, 0.15) is 0 Å². The van der Waals surface area contributed by atoms with Gasteiger partial charge in [0, 0.05) is 6.07 Å². The lowest BCUT2D eigenvalue weighted by atomic mass is 10.1. The molecule has 2 N–H and O–H groups in total. The Labute approximate surface area is 122 Å². The number of ether oxygens (including phenoxy) is 2. The molecule has 0 radical (unpaired) electrons. The number of aromatic nitrogens is 1. The summed E-state index contributed by atoms with van der Waals surface area (Å²) in [5, 5.41) is 0. The van der Waals surface area contributed by atoms with E-state index >= 15 is 0 Å². The van der Waals surface area contributed by atoms with Gasteiger partial charge in [0.05, 0.1) is 17.9 Å². The average Bonchev–Trinajstić information content (AvgIpc) is 2.38. The summed E-state index contributed by atoms with van der Waals surface area (Å²) in [4.78, 5) is 4.33. The fraction of sp³-hybridized carbons (Fsp3) is 0.688. The summed E-state index contributed by atoms with van der Waals surface area (Å²) in [6.07, 6.45) is 6.26. The Morgan fingerprint density at radius 1 is 1.10 bits per heavy atom. The van der Waals surface area contributed by atoms with Crippen LogP contribution >= 0.6 is 0 Å². The summed E-state index contributed by atoms with van der Waals surface area (Å²) >= 11 is 0. The molecule has 0 aromatic carbocycles. The van der Waals surface area contributed by atoms with Crippen molar-refractivity contribution in [3.05, 3.63) is 12.1 Å². The fourth-order valence-electron chi connectivity index (χ4n) is 1.94. The standard InChI is InChI=1S/C16H28N2O2/c1-5-6-7-8-9-13(4)20-15-11-10-14(17)16(18-15)19-12(2)3/h10-13H,5-9,17H2,1-4H3. The largest absolute Gasteiger partial charge is 0.475 e. The van der Waals surface area contributed by atoms with E-state index in [2.05, 4.69) is 18.8 Å². The van der Waals surface area contributed by atoms with Crippen LogP contribution in [0.2, 0.25) is 0 Å². The third kappa shape index (κ3) is 6.13. The molecule has 0 aliphatic carbocycles. The lowest BCUT2D eigenvalue weighted by Crippen LogP contribution is -2.14. The predicted molar refractivity (Wildman–Crippen MR) is 83.3 cm³/mol. The molecule has 114 valence electrons. The van der Waals surface area contributed by atoms with Gasteiger partial charge < -0.3 is 15.2 Å². The smallest absolute Gasteiger partial charge is 0.240 e. The zero-order valence-corrected chi connectivity index (χ0v) is 13.2. The maximum atomic E-state index is 5.84. The van der Waals surface area contributed by atoms with Crippen molar-refractivity contribution in [3.8, 4) is 11.8 Å². The van der Waals surface area contributed by atoms with E-state index < -0.39 is 0 Å². The second-order valence-electron chi connectivity index (χ2n) is 5.49. The Morgan fingerprint density at radius 2 is 1.85 bits per heavy atom. The molecule has 1 atom stereocenters. The summed E-state index contributed by atoms with van der Waals surface area (Å²) in [7, 11) is 0. The number of unbranched alkanes of at least 4 members (excludes halogenated alkanes) is 3. The molecule has 0 saturated heterocycles. The van der Waals surface area contributed by atoms with E-state index in [9.17, 15) is 0 Å². The van der Waals surface area contributed by atoms with Crippen LogP contribution in [0.25, 0.3) is 0 Å². The molecule has 0 amide bonds. The van der Waals surface area contributed by atoms with Crippen LogP contribution in [0.3, 0.4) is 0 Å². The molecule has 1 aromatic rings. The van der Waals surface area contributed by atoms with E-state index in [1.54, 1.807) is 12.1 Å². The summed E-state index contributed by atoms with van der Waals surface area (Å²) in [6.45, 7) is 8.19. The van der Waals surface area contributed by atoms with Crippen molar-refractivity contribution in [1.29, 1.82) is 0 Å². The van der Waals surface area contributed by atoms with Crippen LogP contribution in [0.5, 0.6) is 11.8 Å². The molecule has 0 spiro atoms. The molecule has 4 heteroatoms. The van der Waals surface area contributed by atoms with Crippen LogP contribution in [0.15, 0.2) is 12.1 Å². The minimum Gasteiger partial charge on any atom is -0.475 e. The maximum absolute atomic E-state index is 5.84. The molecule has 4 nitrogen and oxygen atoms in total. The number of rotatable bonds is 9. The third-order valence-corrected chi connectivity index (χ3v) is 3.00. The zero-order chi connectivity index (χ0) is 15.0. The molecule has 0 bridgehead atoms. The van der Waals surface area contributed by atoms with Gasteiger partial charge >= 0.3 is 0 Å². The summed E-state index contributed by atoms with van der Waals surface area (Å²) in [5.74, 6) is 1.04. The second-order valence-corrected chi connectivity index (χ2v) is 5.49. The number of anilines is 1. The van der Waals surface area contributed by atoms with Crippen molar-refractivity contribution >= 4 is 5.69 Å². The summed E-state index contributed by atoms with van der Waals surface area (Å²) < 4.78 is 11.4. The van der Waals surface area contributed by atoms with Crippen molar-refractivity contribution in [2.45, 2.75) is 72.0 Å². The van der Waals surface area contributed by atoms with Crippen LogP contribution in [0.4, 0.5) is 5.69 Å². The molecule has 0 fully saturated rings. The van der Waals surface area contributed by atoms with Gasteiger partial charge in [-0.3, -0.25) is 0 Å². The van der Waals surface area contributed by atoms with E-state index in [1.807, 2.05) is 13.8 Å². The molecule has 1 unspecified atom stereocenters. The van der Waals surface area contributed by atoms with Crippen molar-refractivity contribution < 1.29 is 9.47 Å². The molecule has 1 rings (SSSR count). The van der Waals surface area contributed by atoms with Gasteiger partial charge in [0.15, 0.2) is 0 Å². The SMILES string of the molecule is CCCCCCC(C)Oc1ccc(N)c(OC(C)C)n1. The lowest BCUT2D eigenvalue weighted by Gasteiger charge is -2.16. The number of hydrogen-bond acceptors (Lipinski definition) is 4. The number of nitrogens with zero attached hydrogens (tertiary/aromatic N) is 1. The molecule has 1 heterocycles. The minimum atomic E-state index is 0.0477. The highest BCUT2D eigenvalue weighted by Gasteiger charge is 2.10. The van der Waals surface area contributed by atoms with E-state index in [0.29, 0.717) is 17.4 Å². The van der Waals surface area contributed by atoms with Crippen LogP contribution in [0, 0.1) is 0 Å². The highest BCUT2D eigenvalue weighted by molar-refractivity contribution is 5.49. The monoisotopic (exact) mass is 280 g/mol. The molecule has 20 heavy (non-hydrogen) atoms. The first-order valence-electron chi connectivity index (χ1n) is 7.62. The minimum absolute atomic E-state index is 0.0477. The van der Waals surface area contributed by atoms with Crippen LogP contribution in [-0.2, 0) is 0 Å². The number of nitrogens with two attached hydrogens (primary N) is 1. The molecular formula is C16H28N2O2. The second kappa shape index (κ2) is 8.67. The predicted octanol–water partition coefficient (Wildman–Crippen LogP) is 4.19. The van der Waals surface area contributed by atoms with Gasteiger partial charge in [-0.1, -0.05) is 26.2 Å². The van der Waals surface area contributed by atoms with Crippen molar-refractivity contribution in [3.63, 3.8) is 0 Å². The molecular weight excluding hydrogens is 252 g/mol. The van der Waals surface area contributed by atoms with Gasteiger partial charge in [-0.2, -0.15) is 4.98 Å². The van der Waals surface area contributed by atoms with E-state index in [1.165, 1.54) is 25.7 Å². The van der Waals surface area contributed by atoms with Gasteiger partial charge in [0.2, 0.25) is 11.8 Å². The van der Waals surface area contributed by atoms with E-state index in [4.69, 9.17) is 15.2 Å². The first-order chi connectivity index (χ1) is 9.52. The zero-order valence-electron chi connectivity index (χ0n) is 13.2. The van der Waals surface area contributed by atoms with E-state index in [-0.39, 0.29) is 12.2 Å². The quantitative estimate of drug-likeness (QED) is 0.689. The first-order valence-corrected chi connectivity index (χ1v) is 7.62. The normalized spacial score (nSPS) is 12.4. The lowest BCUT2D eigenvalue weighted by molar-refractivity contribution is 0.189. The van der Waals surface area contributed by atoms with Crippen molar-refractivity contribution in [2.75, 3.05) is 5.73 Å². The Morgan fingerprint density at radius 3 is 2.50 bits per heavy atom. The molecule has 1 aromatic heterocycles. The number of hydrogen-bond donors (Lipinski definition) is 1. The Bertz CT molecular complexity index is 394.